The van der Waals surface area contributed by atoms with E-state index in [2.05, 4.69) is 21.3 Å². The molecule has 0 bridgehead atoms. The number of hydrogen-bond acceptors (Lipinski definition) is 12. The molecule has 4 N–H and O–H groups in total. The van der Waals surface area contributed by atoms with E-state index < -0.39 is 163 Å². The van der Waals surface area contributed by atoms with E-state index >= 15 is 19.2 Å². The highest BCUT2D eigenvalue weighted by Crippen LogP contribution is 2.41. The van der Waals surface area contributed by atoms with Crippen molar-refractivity contribution in [1.82, 2.24) is 60.5 Å². The number of rotatable bonds is 14. The van der Waals surface area contributed by atoms with Gasteiger partial charge in [-0.3, -0.25) is 57.5 Å². The van der Waals surface area contributed by atoms with Crippen molar-refractivity contribution in [3.8, 4) is 0 Å². The second-order valence-corrected chi connectivity index (χ2v) is 30.9. The number of likely N-dealkylation sites (tertiary alicyclic amines) is 1. The highest BCUT2D eigenvalue weighted by atomic mass is 35.5. The van der Waals surface area contributed by atoms with Gasteiger partial charge in [-0.15, -0.1) is 11.6 Å². The Bertz CT molecular complexity index is 2770. The molecule has 5 aliphatic rings. The van der Waals surface area contributed by atoms with Crippen LogP contribution in [-0.2, 0) is 57.5 Å². The number of amides is 12. The van der Waals surface area contributed by atoms with E-state index in [1.54, 1.807) is 11.8 Å². The fraction of sp³-hybridized carbons (Fsp3) is 0.831. The summed E-state index contributed by atoms with van der Waals surface area (Å²) in [6, 6.07) is -10.1. The molecule has 9 atom stereocenters. The number of likely N-dealkylation sites (N-methyl/N-ethyl adjacent to an activating group) is 7. The second kappa shape index (κ2) is 38.7. The first-order chi connectivity index (χ1) is 46.4. The summed E-state index contributed by atoms with van der Waals surface area (Å²) in [6.45, 7) is 11.5. The SMILES string of the molecule is CC[C@H](C)[C@@H]1NC(=O)[C@H](C)N(C)C(=O)C[C@@H](C(=O)N2CCCC2)NC(=O)[C@H](CC(C)C)N(C)C(=O)[C@H](CC2CCCCC2)N(C)C(=O)[C@H](CC(C)C)NC(=O)[C@H](CCC2CCC(C(F)(F)F)CC2)NC(=O)CN(C)C(=O)[C@H](CC2CCC(Cl)CC2)N(C)C(=O)CN(C)C(=O)CN(C)C1=O. The lowest BCUT2D eigenvalue weighted by atomic mass is 9.79. The second-order valence-electron chi connectivity index (χ2n) is 30.3. The molecule has 0 unspecified atom stereocenters. The number of alkyl halides is 4. The van der Waals surface area contributed by atoms with Crippen LogP contribution in [0.15, 0.2) is 0 Å². The molecule has 0 aromatic carbocycles. The van der Waals surface area contributed by atoms with Gasteiger partial charge in [0, 0.05) is 67.8 Å². The molecule has 562 valence electrons. The third-order valence-electron chi connectivity index (χ3n) is 21.7. The Morgan fingerprint density at radius 3 is 1.61 bits per heavy atom. The van der Waals surface area contributed by atoms with Gasteiger partial charge in [0.2, 0.25) is 70.9 Å². The zero-order valence-electron chi connectivity index (χ0n) is 61.5. The maximum atomic E-state index is 15.6. The van der Waals surface area contributed by atoms with Crippen LogP contribution in [0.3, 0.4) is 0 Å². The first-order valence-corrected chi connectivity index (χ1v) is 36.9. The van der Waals surface area contributed by atoms with Gasteiger partial charge in [0.25, 0.3) is 0 Å². The fourth-order valence-corrected chi connectivity index (χ4v) is 14.9. The molecular weight excluding hydrogens is 1310 g/mol. The van der Waals surface area contributed by atoms with Crippen molar-refractivity contribution in [2.45, 2.75) is 256 Å². The Morgan fingerprint density at radius 1 is 0.505 bits per heavy atom. The molecule has 28 heteroatoms. The van der Waals surface area contributed by atoms with E-state index in [9.17, 15) is 51.5 Å². The van der Waals surface area contributed by atoms with Crippen molar-refractivity contribution in [2.24, 2.45) is 41.4 Å². The minimum Gasteiger partial charge on any atom is -0.343 e. The molecule has 5 rings (SSSR count). The van der Waals surface area contributed by atoms with Gasteiger partial charge in [0.1, 0.15) is 48.3 Å². The largest absolute Gasteiger partial charge is 0.391 e. The zero-order valence-corrected chi connectivity index (χ0v) is 62.3. The third kappa shape index (κ3) is 24.5. The van der Waals surface area contributed by atoms with Crippen LogP contribution in [0.2, 0.25) is 0 Å². The number of halogens is 4. The molecule has 3 aliphatic carbocycles. The minimum absolute atomic E-state index is 0.0133. The monoisotopic (exact) mass is 1420 g/mol. The topological polar surface area (TPSA) is 279 Å². The molecule has 12 amide bonds. The standard InChI is InChI=1S/C71H118ClF3N12O12/c1-15-45(6)62-70(99)82(10)41-60(90)80(8)42-61(91)84(12)56(38-49-25-30-51(72)31-26-49)68(97)81(9)40-58(88)76-52(32-27-47-23-28-50(29-24-47)71(73,74)75)64(93)77-53(35-43(2)3)66(95)86(14)57(37-48-21-17-16-18-22-48)69(98)85(13)55(36-44(4)5)65(94)78-54(67(96)87-33-19-20-34-87)39-59(89)83(11)46(7)63(92)79-62/h43-57,62H,15-42H2,1-14H3,(H,76,88)(H,77,93)(H,78,94)(H,79,92)/t45-,46-,47?,49?,50?,51?,52-,53-,54-,55-,56-,57-,62-/m0/s1. The predicted molar refractivity (Wildman–Crippen MR) is 369 cm³/mol. The molecule has 0 spiro atoms. The Labute approximate surface area is 590 Å². The lowest BCUT2D eigenvalue weighted by molar-refractivity contribution is -0.184. The van der Waals surface area contributed by atoms with Crippen molar-refractivity contribution in [1.29, 1.82) is 0 Å². The maximum absolute atomic E-state index is 15.6. The predicted octanol–water partition coefficient (Wildman–Crippen LogP) is 6.10. The first-order valence-electron chi connectivity index (χ1n) is 36.4. The molecular formula is C71H118ClF3N12O12. The third-order valence-corrected chi connectivity index (χ3v) is 22.1. The van der Waals surface area contributed by atoms with E-state index in [0.29, 0.717) is 58.0 Å². The number of hydrogen-bond donors (Lipinski definition) is 4. The van der Waals surface area contributed by atoms with Gasteiger partial charge < -0.3 is 60.5 Å². The molecule has 2 heterocycles. The Kier molecular flexibility index (Phi) is 32.6. The van der Waals surface area contributed by atoms with Gasteiger partial charge in [0.15, 0.2) is 0 Å². The Balaban J connectivity index is 1.60. The van der Waals surface area contributed by atoms with Crippen molar-refractivity contribution >= 4 is 82.5 Å². The molecule has 5 fully saturated rings. The van der Waals surface area contributed by atoms with Crippen LogP contribution < -0.4 is 21.3 Å². The molecule has 3 saturated carbocycles. The highest BCUT2D eigenvalue weighted by Gasteiger charge is 2.45. The van der Waals surface area contributed by atoms with Gasteiger partial charge in [-0.2, -0.15) is 13.2 Å². The van der Waals surface area contributed by atoms with Crippen LogP contribution in [0.1, 0.15) is 196 Å². The highest BCUT2D eigenvalue weighted by molar-refractivity contribution is 6.20. The van der Waals surface area contributed by atoms with Gasteiger partial charge in [-0.25, -0.2) is 0 Å². The molecule has 0 radical (unpaired) electrons. The van der Waals surface area contributed by atoms with Crippen molar-refractivity contribution in [2.75, 3.05) is 82.1 Å². The van der Waals surface area contributed by atoms with Gasteiger partial charge in [-0.05, 0) is 145 Å². The summed E-state index contributed by atoms with van der Waals surface area (Å²) >= 11 is 6.50. The van der Waals surface area contributed by atoms with Crippen LogP contribution in [0.5, 0.6) is 0 Å². The van der Waals surface area contributed by atoms with Crippen LogP contribution in [-0.4, -0.2) is 252 Å². The molecule has 2 saturated heterocycles. The number of carbonyl (C=O) groups is 12. The van der Waals surface area contributed by atoms with Crippen LogP contribution >= 0.6 is 11.6 Å². The Hall–Kier alpha value is -6.28. The summed E-state index contributed by atoms with van der Waals surface area (Å²) in [5.41, 5.74) is 0. The van der Waals surface area contributed by atoms with Crippen molar-refractivity contribution in [3.05, 3.63) is 0 Å². The van der Waals surface area contributed by atoms with Crippen molar-refractivity contribution < 1.29 is 70.7 Å². The van der Waals surface area contributed by atoms with E-state index in [1.807, 2.05) is 34.6 Å². The summed E-state index contributed by atoms with van der Waals surface area (Å²) in [4.78, 5) is 186. The summed E-state index contributed by atoms with van der Waals surface area (Å²) in [7, 11) is 9.85. The van der Waals surface area contributed by atoms with Gasteiger partial charge in [0.05, 0.1) is 32.0 Å². The Morgan fingerprint density at radius 2 is 1.04 bits per heavy atom. The quantitative estimate of drug-likeness (QED) is 0.144. The number of nitrogens with zero attached hydrogens (tertiary/aromatic N) is 8. The average molecular weight is 1420 g/mol. The maximum Gasteiger partial charge on any atom is 0.391 e. The zero-order chi connectivity index (χ0) is 73.9. The molecule has 0 aromatic heterocycles. The van der Waals surface area contributed by atoms with E-state index in [-0.39, 0.29) is 99.2 Å². The van der Waals surface area contributed by atoms with Crippen LogP contribution in [0.25, 0.3) is 0 Å². The molecule has 0 aromatic rings. The molecule has 99 heavy (non-hydrogen) atoms. The van der Waals surface area contributed by atoms with Crippen molar-refractivity contribution in [3.63, 3.8) is 0 Å². The average Bonchev–Trinajstić information content (AvgIpc) is 1.45. The normalized spacial score (nSPS) is 29.7. The first kappa shape index (κ1) is 83.4. The van der Waals surface area contributed by atoms with E-state index in [0.717, 1.165) is 51.7 Å². The summed E-state index contributed by atoms with van der Waals surface area (Å²) in [5, 5.41) is 11.2. The van der Waals surface area contributed by atoms with E-state index in [1.165, 1.54) is 71.0 Å². The minimum atomic E-state index is -4.36. The lowest BCUT2D eigenvalue weighted by Crippen LogP contribution is -2.60. The fourth-order valence-electron chi connectivity index (χ4n) is 14.6. The van der Waals surface area contributed by atoms with Gasteiger partial charge >= 0.3 is 6.18 Å². The number of carbonyl (C=O) groups excluding carboxylic acids is 12. The lowest BCUT2D eigenvalue weighted by Gasteiger charge is -2.39. The smallest absolute Gasteiger partial charge is 0.343 e. The molecule has 2 aliphatic heterocycles. The van der Waals surface area contributed by atoms with Crippen LogP contribution in [0.4, 0.5) is 13.2 Å². The van der Waals surface area contributed by atoms with E-state index in [4.69, 9.17) is 11.6 Å². The van der Waals surface area contributed by atoms with Gasteiger partial charge in [-0.1, -0.05) is 80.1 Å². The molecule has 24 nitrogen and oxygen atoms in total. The summed E-state index contributed by atoms with van der Waals surface area (Å²) in [5.74, 6) is -10.8. The summed E-state index contributed by atoms with van der Waals surface area (Å²) < 4.78 is 41.6. The van der Waals surface area contributed by atoms with Crippen LogP contribution in [0, 0.1) is 41.4 Å². The summed E-state index contributed by atoms with van der Waals surface area (Å²) in [6.07, 6.45) is 4.67. The number of nitrogens with one attached hydrogen (secondary N) is 4.